The highest BCUT2D eigenvalue weighted by Gasteiger charge is 2.50. The van der Waals surface area contributed by atoms with Gasteiger partial charge in [-0.25, -0.2) is 9.79 Å². The molecule has 7 heteroatoms. The van der Waals surface area contributed by atoms with Gasteiger partial charge >= 0.3 is 11.9 Å². The van der Waals surface area contributed by atoms with Crippen LogP contribution < -0.4 is 0 Å². The monoisotopic (exact) mass is 323 g/mol. The summed E-state index contributed by atoms with van der Waals surface area (Å²) in [7, 11) is 3.15. The van der Waals surface area contributed by atoms with Crippen molar-refractivity contribution in [2.45, 2.75) is 39.9 Å². The average Bonchev–Trinajstić information content (AvgIpc) is 2.40. The first kappa shape index (κ1) is 16.9. The molecule has 2 heterocycles. The summed E-state index contributed by atoms with van der Waals surface area (Å²) in [4.78, 5) is 35.1. The zero-order valence-electron chi connectivity index (χ0n) is 14.2. The van der Waals surface area contributed by atoms with Crippen molar-refractivity contribution < 1.29 is 14.2 Å². The van der Waals surface area contributed by atoms with Crippen molar-refractivity contribution in [2.75, 3.05) is 14.1 Å². The Balaban J connectivity index is 2.64. The molecule has 2 aliphatic heterocycles. The molecule has 3 amide bonds. The van der Waals surface area contributed by atoms with Gasteiger partial charge in [0.25, 0.3) is 5.84 Å². The van der Waals surface area contributed by atoms with Crippen LogP contribution in [0.5, 0.6) is 0 Å². The van der Waals surface area contributed by atoms with E-state index in [1.165, 1.54) is 11.6 Å². The van der Waals surface area contributed by atoms with Crippen LogP contribution in [0.3, 0.4) is 0 Å². The molecular formula is C15H23N4O2S+. The summed E-state index contributed by atoms with van der Waals surface area (Å²) in [5.41, 5.74) is -0.253. The van der Waals surface area contributed by atoms with Crippen LogP contribution in [0.1, 0.15) is 34.6 Å². The molecule has 0 aromatic heterocycles. The fraction of sp³-hybridized carbons (Fsp3) is 0.667. The normalized spacial score (nSPS) is 22.9. The van der Waals surface area contributed by atoms with Gasteiger partial charge in [0, 0.05) is 10.7 Å². The molecule has 2 rings (SSSR count). The van der Waals surface area contributed by atoms with E-state index in [2.05, 4.69) is 23.8 Å². The van der Waals surface area contributed by atoms with Crippen molar-refractivity contribution >= 4 is 40.4 Å². The Labute approximate surface area is 135 Å². The van der Waals surface area contributed by atoms with Gasteiger partial charge < -0.3 is 0 Å². The molecule has 0 aromatic carbocycles. The molecule has 1 unspecified atom stereocenters. The molecule has 120 valence electrons. The van der Waals surface area contributed by atoms with E-state index in [0.717, 1.165) is 9.94 Å². The Morgan fingerprint density at radius 3 is 2.32 bits per heavy atom. The fourth-order valence-electron chi connectivity index (χ4n) is 2.24. The molecule has 0 fully saturated rings. The lowest BCUT2D eigenvalue weighted by molar-refractivity contribution is -0.407. The molecule has 0 aliphatic carbocycles. The van der Waals surface area contributed by atoms with Gasteiger partial charge in [-0.15, -0.1) is 11.8 Å². The third kappa shape index (κ3) is 2.86. The number of hydrogen-bond acceptors (Lipinski definition) is 5. The summed E-state index contributed by atoms with van der Waals surface area (Å²) >= 11 is 1.55. The lowest BCUT2D eigenvalue weighted by Gasteiger charge is -2.29. The standard InChI is InChI=1S/C15H23N4O2S/c1-8(2)22-11-9-10(16-13(17-11)15(3,4)5)18(6)14(21)19(7)12(9)20/h8-9H,1-7H3/q+1. The maximum atomic E-state index is 12.6. The van der Waals surface area contributed by atoms with E-state index in [9.17, 15) is 9.59 Å². The van der Waals surface area contributed by atoms with Crippen molar-refractivity contribution in [1.82, 2.24) is 4.90 Å². The third-order valence-electron chi connectivity index (χ3n) is 3.46. The van der Waals surface area contributed by atoms with Gasteiger partial charge in [-0.3, -0.25) is 4.79 Å². The summed E-state index contributed by atoms with van der Waals surface area (Å²) in [6.45, 7) is 10.2. The second-order valence-electron chi connectivity index (χ2n) is 6.83. The van der Waals surface area contributed by atoms with Crippen LogP contribution in [0.25, 0.3) is 0 Å². The Morgan fingerprint density at radius 2 is 1.82 bits per heavy atom. The first-order valence-corrected chi connectivity index (χ1v) is 8.18. The number of carbonyl (C=O) groups is 2. The number of urea groups is 1. The largest absolute Gasteiger partial charge is 0.445 e. The molecule has 1 atom stereocenters. The predicted molar refractivity (Wildman–Crippen MR) is 89.9 cm³/mol. The Bertz CT molecular complexity index is 626. The topological polar surface area (TPSA) is 65.1 Å². The van der Waals surface area contributed by atoms with E-state index in [1.54, 1.807) is 18.8 Å². The smallest absolute Gasteiger partial charge is 0.255 e. The molecule has 0 aromatic rings. The van der Waals surface area contributed by atoms with Crippen LogP contribution >= 0.6 is 11.8 Å². The molecule has 6 nitrogen and oxygen atoms in total. The molecule has 2 aliphatic rings. The highest BCUT2D eigenvalue weighted by atomic mass is 32.2. The first-order chi connectivity index (χ1) is 10.0. The van der Waals surface area contributed by atoms with Gasteiger partial charge in [0.2, 0.25) is 5.84 Å². The van der Waals surface area contributed by atoms with Crippen molar-refractivity contribution in [3.8, 4) is 0 Å². The number of amidine groups is 2. The summed E-state index contributed by atoms with van der Waals surface area (Å²) < 4.78 is 1.45. The van der Waals surface area contributed by atoms with E-state index < -0.39 is 5.92 Å². The minimum absolute atomic E-state index is 0.253. The zero-order chi connectivity index (χ0) is 16.8. The number of imide groups is 1. The van der Waals surface area contributed by atoms with Crippen LogP contribution in [0.15, 0.2) is 9.98 Å². The SMILES string of the molecule is CC(C)SC1=NC(C(C)(C)C)=NC2=[N+](C)C(=O)N(C)C(=O)C12. The van der Waals surface area contributed by atoms with Gasteiger partial charge in [0.15, 0.2) is 5.92 Å². The molecule has 0 bridgehead atoms. The molecular weight excluding hydrogens is 300 g/mol. The van der Waals surface area contributed by atoms with Crippen molar-refractivity contribution in [3.05, 3.63) is 0 Å². The quantitative estimate of drug-likeness (QED) is 0.695. The molecule has 0 radical (unpaired) electrons. The molecule has 0 saturated heterocycles. The van der Waals surface area contributed by atoms with Crippen LogP contribution in [-0.4, -0.2) is 57.5 Å². The Kier molecular flexibility index (Phi) is 4.30. The van der Waals surface area contributed by atoms with E-state index in [0.29, 0.717) is 16.9 Å². The molecule has 0 saturated carbocycles. The lowest BCUT2D eigenvalue weighted by atomic mass is 9.93. The maximum Gasteiger partial charge on any atom is 0.445 e. The number of rotatable bonds is 1. The van der Waals surface area contributed by atoms with E-state index >= 15 is 0 Å². The summed E-state index contributed by atoms with van der Waals surface area (Å²) in [5, 5.41) is 1.02. The zero-order valence-corrected chi connectivity index (χ0v) is 15.0. The number of amides is 3. The van der Waals surface area contributed by atoms with Gasteiger partial charge in [-0.05, 0) is 0 Å². The van der Waals surface area contributed by atoms with Crippen LogP contribution in [0.2, 0.25) is 0 Å². The van der Waals surface area contributed by atoms with Crippen LogP contribution in [-0.2, 0) is 4.79 Å². The van der Waals surface area contributed by atoms with E-state index in [4.69, 9.17) is 0 Å². The first-order valence-electron chi connectivity index (χ1n) is 7.30. The average molecular weight is 323 g/mol. The third-order valence-corrected chi connectivity index (χ3v) is 4.50. The Hall–Kier alpha value is -1.50. The minimum Gasteiger partial charge on any atom is -0.255 e. The summed E-state index contributed by atoms with van der Waals surface area (Å²) in [6.07, 6.45) is 0. The van der Waals surface area contributed by atoms with Crippen LogP contribution in [0, 0.1) is 11.3 Å². The number of aliphatic imine (C=N–C) groups is 2. The number of fused-ring (bicyclic) bond motifs is 1. The van der Waals surface area contributed by atoms with E-state index in [-0.39, 0.29) is 17.4 Å². The van der Waals surface area contributed by atoms with Crippen LogP contribution in [0.4, 0.5) is 4.79 Å². The van der Waals surface area contributed by atoms with Gasteiger partial charge in [-0.1, -0.05) is 39.6 Å². The van der Waals surface area contributed by atoms with Crippen molar-refractivity contribution in [2.24, 2.45) is 21.3 Å². The van der Waals surface area contributed by atoms with Crippen molar-refractivity contribution in [3.63, 3.8) is 0 Å². The maximum absolute atomic E-state index is 12.6. The second kappa shape index (κ2) is 5.61. The number of nitrogens with zero attached hydrogens (tertiary/aromatic N) is 4. The number of thioether (sulfide) groups is 1. The second-order valence-corrected chi connectivity index (χ2v) is 8.43. The fourth-order valence-corrected chi connectivity index (χ4v) is 3.21. The minimum atomic E-state index is -0.578. The summed E-state index contributed by atoms with van der Waals surface area (Å²) in [6, 6.07) is -0.357. The van der Waals surface area contributed by atoms with Gasteiger partial charge in [0.1, 0.15) is 5.04 Å². The summed E-state index contributed by atoms with van der Waals surface area (Å²) in [5.74, 6) is 0.294. The van der Waals surface area contributed by atoms with Gasteiger partial charge in [0.05, 0.1) is 14.1 Å². The highest BCUT2D eigenvalue weighted by Crippen LogP contribution is 2.30. The number of carbonyl (C=O) groups excluding carboxylic acids is 2. The highest BCUT2D eigenvalue weighted by molar-refractivity contribution is 8.14. The van der Waals surface area contributed by atoms with Crippen molar-refractivity contribution in [1.29, 1.82) is 0 Å². The van der Waals surface area contributed by atoms with Gasteiger partial charge in [-0.2, -0.15) is 9.48 Å². The lowest BCUT2D eigenvalue weighted by Crippen LogP contribution is -2.55. The predicted octanol–water partition coefficient (Wildman–Crippen LogP) is 2.23. The molecule has 0 N–H and O–H groups in total. The Morgan fingerprint density at radius 1 is 1.23 bits per heavy atom. The molecule has 0 spiro atoms. The molecule has 22 heavy (non-hydrogen) atoms. The number of hydrogen-bond donors (Lipinski definition) is 0. The van der Waals surface area contributed by atoms with E-state index in [1.807, 2.05) is 20.8 Å².